The number of amides is 1. The third-order valence-electron chi connectivity index (χ3n) is 6.19. The van der Waals surface area contributed by atoms with Crippen molar-refractivity contribution >= 4 is 5.91 Å². The Morgan fingerprint density at radius 3 is 2.79 bits per heavy atom. The molecule has 1 amide bonds. The van der Waals surface area contributed by atoms with Crippen LogP contribution in [0.2, 0.25) is 0 Å². The number of hydrogen-bond donors (Lipinski definition) is 2. The monoisotopic (exact) mass is 330 g/mol. The average Bonchev–Trinajstić information content (AvgIpc) is 2.59. The van der Waals surface area contributed by atoms with E-state index in [1.54, 1.807) is 11.7 Å². The first-order valence-electron chi connectivity index (χ1n) is 8.93. The molecule has 0 aromatic carbocycles. The summed E-state index contributed by atoms with van der Waals surface area (Å²) in [6.07, 6.45) is 7.80. The number of pyridine rings is 1. The second-order valence-corrected chi connectivity index (χ2v) is 7.89. The third-order valence-corrected chi connectivity index (χ3v) is 6.19. The van der Waals surface area contributed by atoms with Crippen LogP contribution in [-0.4, -0.2) is 58.6 Å². The first kappa shape index (κ1) is 16.0. The number of fused-ring (bicyclic) bond motifs is 1. The molecule has 130 valence electrons. The summed E-state index contributed by atoms with van der Waals surface area (Å²) in [5.41, 5.74) is 4.94. The lowest BCUT2D eigenvalue weighted by molar-refractivity contribution is -0.0323. The minimum absolute atomic E-state index is 0.429. The minimum Gasteiger partial charge on any atom is -0.305 e. The molecule has 6 nitrogen and oxygen atoms in total. The predicted octanol–water partition coefficient (Wildman–Crippen LogP) is 1.43. The van der Waals surface area contributed by atoms with E-state index >= 15 is 0 Å². The van der Waals surface area contributed by atoms with Gasteiger partial charge in [0.05, 0.1) is 11.3 Å². The van der Waals surface area contributed by atoms with Gasteiger partial charge >= 0.3 is 0 Å². The van der Waals surface area contributed by atoms with Crippen LogP contribution in [0.15, 0.2) is 12.3 Å². The van der Waals surface area contributed by atoms with Crippen molar-refractivity contribution in [3.05, 3.63) is 29.1 Å². The maximum Gasteiger partial charge on any atom is 0.276 e. The fourth-order valence-electron chi connectivity index (χ4n) is 4.93. The second kappa shape index (κ2) is 6.10. The fourth-order valence-corrected chi connectivity index (χ4v) is 4.93. The summed E-state index contributed by atoms with van der Waals surface area (Å²) in [4.78, 5) is 21.0. The van der Waals surface area contributed by atoms with Crippen molar-refractivity contribution in [2.45, 2.75) is 44.7 Å². The van der Waals surface area contributed by atoms with Gasteiger partial charge in [-0.05, 0) is 56.2 Å². The SMILES string of the molecule is CN1CC2(CCC(N3CCc4cc(C(=O)NO)cnc4C3)CC2)C1. The summed E-state index contributed by atoms with van der Waals surface area (Å²) in [6.45, 7) is 4.48. The van der Waals surface area contributed by atoms with Crippen LogP contribution in [0, 0.1) is 5.41 Å². The molecule has 2 aliphatic heterocycles. The van der Waals surface area contributed by atoms with Crippen molar-refractivity contribution in [1.29, 1.82) is 0 Å². The smallest absolute Gasteiger partial charge is 0.276 e. The van der Waals surface area contributed by atoms with Gasteiger partial charge in [0.2, 0.25) is 0 Å². The van der Waals surface area contributed by atoms with Crippen molar-refractivity contribution in [3.8, 4) is 0 Å². The lowest BCUT2D eigenvalue weighted by atomic mass is 9.67. The van der Waals surface area contributed by atoms with Crippen LogP contribution in [-0.2, 0) is 13.0 Å². The van der Waals surface area contributed by atoms with E-state index in [2.05, 4.69) is 21.8 Å². The van der Waals surface area contributed by atoms with Gasteiger partial charge < -0.3 is 4.90 Å². The predicted molar refractivity (Wildman–Crippen MR) is 89.8 cm³/mol. The Morgan fingerprint density at radius 1 is 1.38 bits per heavy atom. The first-order valence-corrected chi connectivity index (χ1v) is 8.93. The Bertz CT molecular complexity index is 632. The quantitative estimate of drug-likeness (QED) is 0.634. The number of hydrogen-bond acceptors (Lipinski definition) is 5. The maximum absolute atomic E-state index is 11.5. The van der Waals surface area contributed by atoms with Gasteiger partial charge in [-0.15, -0.1) is 0 Å². The maximum atomic E-state index is 11.5. The molecule has 3 heterocycles. The molecule has 1 spiro atoms. The molecule has 24 heavy (non-hydrogen) atoms. The molecule has 1 aromatic heterocycles. The molecule has 1 saturated heterocycles. The highest BCUT2D eigenvalue weighted by Gasteiger charge is 2.44. The zero-order chi connectivity index (χ0) is 16.7. The van der Waals surface area contributed by atoms with Gasteiger partial charge in [-0.25, -0.2) is 5.48 Å². The molecule has 1 aliphatic carbocycles. The zero-order valence-corrected chi connectivity index (χ0v) is 14.3. The topological polar surface area (TPSA) is 68.7 Å². The zero-order valence-electron chi connectivity index (χ0n) is 14.3. The Morgan fingerprint density at radius 2 is 2.12 bits per heavy atom. The van der Waals surface area contributed by atoms with Crippen LogP contribution in [0.5, 0.6) is 0 Å². The minimum atomic E-state index is -0.490. The van der Waals surface area contributed by atoms with Gasteiger partial charge in [-0.3, -0.25) is 19.9 Å². The van der Waals surface area contributed by atoms with Crippen molar-refractivity contribution < 1.29 is 10.0 Å². The lowest BCUT2D eigenvalue weighted by Crippen LogP contribution is -2.57. The summed E-state index contributed by atoms with van der Waals surface area (Å²) < 4.78 is 0. The molecular formula is C18H26N4O2. The molecule has 1 aromatic rings. The molecular weight excluding hydrogens is 304 g/mol. The van der Waals surface area contributed by atoms with Crippen molar-refractivity contribution in [2.24, 2.45) is 5.41 Å². The molecule has 4 rings (SSSR count). The number of nitrogens with one attached hydrogen (secondary N) is 1. The molecule has 2 N–H and O–H groups in total. The number of hydroxylamine groups is 1. The highest BCUT2D eigenvalue weighted by atomic mass is 16.5. The Labute approximate surface area is 142 Å². The summed E-state index contributed by atoms with van der Waals surface area (Å²) in [5, 5.41) is 8.75. The molecule has 0 unspecified atom stereocenters. The number of carbonyl (C=O) groups excluding carboxylic acids is 1. The largest absolute Gasteiger partial charge is 0.305 e. The fraction of sp³-hybridized carbons (Fsp3) is 0.667. The van der Waals surface area contributed by atoms with Crippen molar-refractivity contribution in [1.82, 2.24) is 20.3 Å². The lowest BCUT2D eigenvalue weighted by Gasteiger charge is -2.53. The summed E-state index contributed by atoms with van der Waals surface area (Å²) in [7, 11) is 2.22. The van der Waals surface area contributed by atoms with Gasteiger partial charge in [0.1, 0.15) is 0 Å². The van der Waals surface area contributed by atoms with E-state index in [4.69, 9.17) is 5.21 Å². The van der Waals surface area contributed by atoms with E-state index < -0.39 is 5.91 Å². The highest BCUT2D eigenvalue weighted by molar-refractivity contribution is 5.93. The van der Waals surface area contributed by atoms with Crippen LogP contribution in [0.4, 0.5) is 0 Å². The van der Waals surface area contributed by atoms with E-state index in [1.165, 1.54) is 38.8 Å². The Hall–Kier alpha value is -1.50. The summed E-state index contributed by atoms with van der Waals surface area (Å²) in [5.74, 6) is -0.490. The normalized spacial score (nSPS) is 24.4. The molecule has 3 aliphatic rings. The molecule has 0 radical (unpaired) electrons. The number of rotatable bonds is 2. The second-order valence-electron chi connectivity index (χ2n) is 7.89. The molecule has 2 fully saturated rings. The van der Waals surface area contributed by atoms with Crippen LogP contribution in [0.1, 0.15) is 47.3 Å². The number of aromatic nitrogens is 1. The molecule has 6 heteroatoms. The van der Waals surface area contributed by atoms with Crippen LogP contribution in [0.3, 0.4) is 0 Å². The van der Waals surface area contributed by atoms with Crippen LogP contribution < -0.4 is 5.48 Å². The molecule has 0 bridgehead atoms. The van der Waals surface area contributed by atoms with Crippen LogP contribution >= 0.6 is 0 Å². The van der Waals surface area contributed by atoms with Crippen LogP contribution in [0.25, 0.3) is 0 Å². The van der Waals surface area contributed by atoms with E-state index in [1.807, 2.05) is 6.07 Å². The van der Waals surface area contributed by atoms with Gasteiger partial charge in [0.15, 0.2) is 0 Å². The highest BCUT2D eigenvalue weighted by Crippen LogP contribution is 2.44. The molecule has 0 atom stereocenters. The van der Waals surface area contributed by atoms with Gasteiger partial charge in [-0.2, -0.15) is 0 Å². The molecule has 1 saturated carbocycles. The Balaban J connectivity index is 1.39. The van der Waals surface area contributed by atoms with Gasteiger partial charge in [0, 0.05) is 38.4 Å². The van der Waals surface area contributed by atoms with Crippen molar-refractivity contribution in [2.75, 3.05) is 26.7 Å². The van der Waals surface area contributed by atoms with E-state index in [9.17, 15) is 4.79 Å². The number of nitrogens with zero attached hydrogens (tertiary/aromatic N) is 3. The summed E-state index contributed by atoms with van der Waals surface area (Å²) >= 11 is 0. The van der Waals surface area contributed by atoms with E-state index in [-0.39, 0.29) is 0 Å². The van der Waals surface area contributed by atoms with Gasteiger partial charge in [0.25, 0.3) is 5.91 Å². The van der Waals surface area contributed by atoms with E-state index in [0.29, 0.717) is 17.0 Å². The Kier molecular flexibility index (Phi) is 4.06. The average molecular weight is 330 g/mol. The standard InChI is InChI=1S/C18H26N4O2/c1-21-11-18(12-21)5-2-15(3-6-18)22-7-4-13-8-14(17(23)20-24)9-19-16(13)10-22/h8-9,15,24H,2-7,10-12H2,1H3,(H,20,23). The van der Waals surface area contributed by atoms with E-state index in [0.717, 1.165) is 30.8 Å². The summed E-state index contributed by atoms with van der Waals surface area (Å²) in [6, 6.07) is 2.54. The van der Waals surface area contributed by atoms with Gasteiger partial charge in [-0.1, -0.05) is 0 Å². The third kappa shape index (κ3) is 2.83. The number of carbonyl (C=O) groups is 1. The van der Waals surface area contributed by atoms with Crippen molar-refractivity contribution in [3.63, 3.8) is 0 Å². The first-order chi connectivity index (χ1) is 11.6. The number of likely N-dealkylation sites (tertiary alicyclic amines) is 1.